The molecule has 3 rings (SSSR count). The molecule has 2 nitrogen and oxygen atoms in total. The second-order valence-electron chi connectivity index (χ2n) is 6.73. The molecule has 0 saturated heterocycles. The van der Waals surface area contributed by atoms with E-state index >= 15 is 0 Å². The molecule has 0 aliphatic carbocycles. The normalized spacial score (nSPS) is 12.1. The van der Waals surface area contributed by atoms with E-state index in [-0.39, 0.29) is 0 Å². The van der Waals surface area contributed by atoms with Crippen LogP contribution in [-0.2, 0) is 13.1 Å². The zero-order valence-corrected chi connectivity index (χ0v) is 15.5. The summed E-state index contributed by atoms with van der Waals surface area (Å²) >= 11 is 0. The Bertz CT molecular complexity index is 787. The molecule has 0 amide bonds. The van der Waals surface area contributed by atoms with Crippen molar-refractivity contribution in [3.05, 3.63) is 84.4 Å². The summed E-state index contributed by atoms with van der Waals surface area (Å²) in [5.41, 5.74) is 5.29. The van der Waals surface area contributed by atoms with Crippen molar-refractivity contribution in [2.75, 3.05) is 0 Å². The van der Waals surface area contributed by atoms with E-state index in [0.717, 1.165) is 13.1 Å². The molecule has 0 aliphatic rings. The fourth-order valence-corrected chi connectivity index (χ4v) is 3.01. The van der Waals surface area contributed by atoms with Gasteiger partial charge in [-0.3, -0.25) is 0 Å². The molecule has 1 atom stereocenters. The first-order valence-corrected chi connectivity index (χ1v) is 9.27. The number of hydrogen-bond acceptors (Lipinski definition) is 0. The van der Waals surface area contributed by atoms with E-state index < -0.39 is 0 Å². The molecule has 1 aromatic carbocycles. The van der Waals surface area contributed by atoms with E-state index in [1.54, 1.807) is 0 Å². The molecular weight excluding hydrogens is 304 g/mol. The van der Waals surface area contributed by atoms with Crippen LogP contribution in [-0.4, -0.2) is 0 Å². The predicted molar refractivity (Wildman–Crippen MR) is 102 cm³/mol. The molecule has 1 unspecified atom stereocenters. The Morgan fingerprint density at radius 2 is 1.24 bits per heavy atom. The lowest BCUT2D eigenvalue weighted by Crippen LogP contribution is -2.33. The summed E-state index contributed by atoms with van der Waals surface area (Å²) in [7, 11) is 0. The fourth-order valence-electron chi connectivity index (χ4n) is 3.01. The predicted octanol–water partition coefficient (Wildman–Crippen LogP) is 4.51. The van der Waals surface area contributed by atoms with Gasteiger partial charge in [-0.05, 0) is 36.0 Å². The van der Waals surface area contributed by atoms with Gasteiger partial charge in [0.15, 0.2) is 31.3 Å². The largest absolute Gasteiger partial charge is 0.205 e. The maximum atomic E-state index is 2.29. The summed E-state index contributed by atoms with van der Waals surface area (Å²) in [6.45, 7) is 8.59. The molecule has 0 saturated carbocycles. The molecule has 0 aliphatic heterocycles. The van der Waals surface area contributed by atoms with Crippen LogP contribution in [0.25, 0.3) is 11.1 Å². The minimum Gasteiger partial charge on any atom is -0.205 e. The Balaban J connectivity index is 1.69. The molecule has 2 heteroatoms. The van der Waals surface area contributed by atoms with E-state index in [4.69, 9.17) is 0 Å². The van der Waals surface area contributed by atoms with Gasteiger partial charge in [0, 0.05) is 29.8 Å². The lowest BCUT2D eigenvalue weighted by Gasteiger charge is -2.09. The van der Waals surface area contributed by atoms with E-state index in [0.29, 0.717) is 5.92 Å². The number of benzene rings is 1. The van der Waals surface area contributed by atoms with Gasteiger partial charge in [-0.2, -0.15) is 0 Å². The smallest absolute Gasteiger partial charge is 0.173 e. The molecule has 128 valence electrons. The van der Waals surface area contributed by atoms with Gasteiger partial charge in [0.05, 0.1) is 0 Å². The lowest BCUT2D eigenvalue weighted by atomic mass is 9.98. The Morgan fingerprint density at radius 1 is 0.720 bits per heavy atom. The second-order valence-corrected chi connectivity index (χ2v) is 6.73. The van der Waals surface area contributed by atoms with Crippen LogP contribution < -0.4 is 9.13 Å². The fraction of sp³-hybridized carbons (Fsp3) is 0.304. The van der Waals surface area contributed by atoms with Crippen LogP contribution in [0.3, 0.4) is 0 Å². The van der Waals surface area contributed by atoms with Crippen LogP contribution in [0.4, 0.5) is 0 Å². The number of aryl methyl sites for hydroxylation is 1. The van der Waals surface area contributed by atoms with Crippen LogP contribution in [0, 0.1) is 0 Å². The molecule has 0 fully saturated rings. The van der Waals surface area contributed by atoms with Crippen molar-refractivity contribution in [1.82, 2.24) is 0 Å². The van der Waals surface area contributed by atoms with Crippen molar-refractivity contribution < 1.29 is 9.13 Å². The van der Waals surface area contributed by atoms with Crippen molar-refractivity contribution >= 4 is 0 Å². The number of aromatic nitrogens is 2. The highest BCUT2D eigenvalue weighted by molar-refractivity contribution is 5.60. The van der Waals surface area contributed by atoms with Gasteiger partial charge in [0.25, 0.3) is 0 Å². The number of nitrogens with zero attached hydrogens (tertiary/aromatic N) is 2. The van der Waals surface area contributed by atoms with Crippen LogP contribution >= 0.6 is 0 Å². The average molecular weight is 332 g/mol. The topological polar surface area (TPSA) is 7.76 Å². The van der Waals surface area contributed by atoms with Crippen LogP contribution in [0.5, 0.6) is 0 Å². The van der Waals surface area contributed by atoms with Gasteiger partial charge in [0.2, 0.25) is 0 Å². The highest BCUT2D eigenvalue weighted by Crippen LogP contribution is 2.19. The quantitative estimate of drug-likeness (QED) is 0.587. The number of pyridine rings is 2. The SMILES string of the molecule is CCC(C)c1ccc(C[n+]2ccc(-c3cc[n+](CC)cc3)cc2)cc1. The van der Waals surface area contributed by atoms with Crippen molar-refractivity contribution in [2.45, 2.75) is 46.2 Å². The molecule has 2 aromatic heterocycles. The average Bonchev–Trinajstić information content (AvgIpc) is 2.68. The molecule has 25 heavy (non-hydrogen) atoms. The van der Waals surface area contributed by atoms with Crippen molar-refractivity contribution in [3.63, 3.8) is 0 Å². The first-order chi connectivity index (χ1) is 12.2. The van der Waals surface area contributed by atoms with Crippen LogP contribution in [0.1, 0.15) is 44.2 Å². The van der Waals surface area contributed by atoms with Gasteiger partial charge in [-0.1, -0.05) is 38.1 Å². The minimum absolute atomic E-state index is 0.637. The molecule has 0 bridgehead atoms. The van der Waals surface area contributed by atoms with Gasteiger partial charge in [-0.25, -0.2) is 9.13 Å². The lowest BCUT2D eigenvalue weighted by molar-refractivity contribution is -0.693. The monoisotopic (exact) mass is 332 g/mol. The molecule has 0 N–H and O–H groups in total. The summed E-state index contributed by atoms with van der Waals surface area (Å²) in [5.74, 6) is 0.637. The molecule has 0 spiro atoms. The van der Waals surface area contributed by atoms with Crippen molar-refractivity contribution in [1.29, 1.82) is 0 Å². The Kier molecular flexibility index (Phi) is 5.60. The van der Waals surface area contributed by atoms with Gasteiger partial charge in [0.1, 0.15) is 6.54 Å². The Hall–Kier alpha value is -2.48. The zero-order valence-electron chi connectivity index (χ0n) is 15.5. The summed E-state index contributed by atoms with van der Waals surface area (Å²) in [5, 5.41) is 0. The summed E-state index contributed by atoms with van der Waals surface area (Å²) in [6, 6.07) is 17.8. The number of rotatable bonds is 6. The second kappa shape index (κ2) is 8.06. The zero-order chi connectivity index (χ0) is 17.6. The maximum absolute atomic E-state index is 2.29. The van der Waals surface area contributed by atoms with Gasteiger partial charge < -0.3 is 0 Å². The van der Waals surface area contributed by atoms with E-state index in [2.05, 4.69) is 103 Å². The summed E-state index contributed by atoms with van der Waals surface area (Å²) in [4.78, 5) is 0. The summed E-state index contributed by atoms with van der Waals surface area (Å²) in [6.07, 6.45) is 9.79. The van der Waals surface area contributed by atoms with Gasteiger partial charge in [-0.15, -0.1) is 0 Å². The first-order valence-electron chi connectivity index (χ1n) is 9.27. The number of hydrogen-bond donors (Lipinski definition) is 0. The molecular formula is C23H28N2+2. The molecule has 2 heterocycles. The van der Waals surface area contributed by atoms with Crippen LogP contribution in [0.15, 0.2) is 73.3 Å². The minimum atomic E-state index is 0.637. The van der Waals surface area contributed by atoms with E-state index in [1.165, 1.54) is 28.7 Å². The van der Waals surface area contributed by atoms with Crippen molar-refractivity contribution in [3.8, 4) is 11.1 Å². The molecule has 0 radical (unpaired) electrons. The van der Waals surface area contributed by atoms with Crippen LogP contribution in [0.2, 0.25) is 0 Å². The highest BCUT2D eigenvalue weighted by Gasteiger charge is 2.07. The third-order valence-corrected chi connectivity index (χ3v) is 5.01. The van der Waals surface area contributed by atoms with E-state index in [1.807, 2.05) is 0 Å². The van der Waals surface area contributed by atoms with Gasteiger partial charge >= 0.3 is 0 Å². The standard InChI is InChI=1S/C23H28N2/c1-4-19(3)21-8-6-20(7-9-21)18-25-16-12-23(13-17-25)22-10-14-24(5-2)15-11-22/h6-17,19H,4-5,18H2,1-3H3/q+2. The molecule has 3 aromatic rings. The van der Waals surface area contributed by atoms with Crippen molar-refractivity contribution in [2.24, 2.45) is 0 Å². The highest BCUT2D eigenvalue weighted by atomic mass is 14.9. The first kappa shape index (κ1) is 17.3. The third-order valence-electron chi connectivity index (χ3n) is 5.01. The Morgan fingerprint density at radius 3 is 1.72 bits per heavy atom. The van der Waals surface area contributed by atoms with E-state index in [9.17, 15) is 0 Å². The maximum Gasteiger partial charge on any atom is 0.173 e. The summed E-state index contributed by atoms with van der Waals surface area (Å²) < 4.78 is 4.41. The third kappa shape index (κ3) is 4.33. The Labute approximate surface area is 151 Å².